The van der Waals surface area contributed by atoms with Gasteiger partial charge >= 0.3 is 6.18 Å². The number of anilines is 1. The van der Waals surface area contributed by atoms with E-state index in [0.717, 1.165) is 32.2 Å². The number of nitrogens with one attached hydrogen (secondary N) is 1. The Labute approximate surface area is 134 Å². The molecule has 1 N–H and O–H groups in total. The molecule has 0 aliphatic carbocycles. The molecule has 1 aromatic carbocycles. The van der Waals surface area contributed by atoms with Gasteiger partial charge in [-0.1, -0.05) is 13.0 Å². The van der Waals surface area contributed by atoms with Crippen LogP contribution >= 0.6 is 0 Å². The second-order valence-corrected chi connectivity index (χ2v) is 5.85. The summed E-state index contributed by atoms with van der Waals surface area (Å²) in [6, 6.07) is 4.03. The molecular weight excluding hydrogens is 307 g/mol. The molecule has 0 unspecified atom stereocenters. The molecule has 1 aliphatic rings. The number of likely N-dealkylation sites (N-methyl/N-ethyl adjacent to an activating group) is 1. The van der Waals surface area contributed by atoms with Gasteiger partial charge in [0.2, 0.25) is 5.91 Å². The lowest BCUT2D eigenvalue weighted by atomic mass is 10.0. The van der Waals surface area contributed by atoms with Crippen molar-refractivity contribution in [3.63, 3.8) is 0 Å². The zero-order valence-electron chi connectivity index (χ0n) is 13.4. The Hall–Kier alpha value is -1.60. The molecule has 128 valence electrons. The van der Waals surface area contributed by atoms with Crippen LogP contribution in [0.1, 0.15) is 24.5 Å². The van der Waals surface area contributed by atoms with Crippen molar-refractivity contribution in [3.05, 3.63) is 29.3 Å². The summed E-state index contributed by atoms with van der Waals surface area (Å²) in [4.78, 5) is 15.5. The molecule has 0 spiro atoms. The van der Waals surface area contributed by atoms with Crippen molar-refractivity contribution >= 4 is 11.6 Å². The largest absolute Gasteiger partial charge is 0.416 e. The number of hydrogen-bond acceptors (Lipinski definition) is 3. The smallest absolute Gasteiger partial charge is 0.326 e. The van der Waals surface area contributed by atoms with Gasteiger partial charge in [-0.15, -0.1) is 0 Å². The normalized spacial score (nSPS) is 17.3. The van der Waals surface area contributed by atoms with Crippen LogP contribution in [0.5, 0.6) is 0 Å². The highest BCUT2D eigenvalue weighted by molar-refractivity contribution is 5.90. The molecule has 1 saturated heterocycles. The number of hydrogen-bond donors (Lipinski definition) is 1. The van der Waals surface area contributed by atoms with E-state index < -0.39 is 11.7 Å². The lowest BCUT2D eigenvalue weighted by Gasteiger charge is -2.33. The summed E-state index contributed by atoms with van der Waals surface area (Å²) in [5, 5.41) is 2.48. The molecule has 1 amide bonds. The Balaban J connectivity index is 2.19. The van der Waals surface area contributed by atoms with E-state index in [4.69, 9.17) is 0 Å². The lowest BCUT2D eigenvalue weighted by Crippen LogP contribution is -2.44. The number of carbonyl (C=O) groups is 1. The second kappa shape index (κ2) is 7.31. The molecule has 1 fully saturated rings. The highest BCUT2D eigenvalue weighted by Crippen LogP contribution is 2.34. The van der Waals surface area contributed by atoms with Gasteiger partial charge in [0, 0.05) is 44.8 Å². The first kappa shape index (κ1) is 17.7. The molecule has 0 bridgehead atoms. The number of piperazine rings is 1. The molecular formula is C16H22F3N3O. The zero-order chi connectivity index (χ0) is 17.0. The van der Waals surface area contributed by atoms with Crippen molar-refractivity contribution in [1.82, 2.24) is 9.80 Å². The predicted molar refractivity (Wildman–Crippen MR) is 83.1 cm³/mol. The van der Waals surface area contributed by atoms with Crippen LogP contribution in [-0.2, 0) is 17.5 Å². The minimum Gasteiger partial charge on any atom is -0.326 e. The van der Waals surface area contributed by atoms with Crippen LogP contribution in [-0.4, -0.2) is 48.9 Å². The van der Waals surface area contributed by atoms with Crippen LogP contribution in [0.4, 0.5) is 18.9 Å². The second-order valence-electron chi connectivity index (χ2n) is 5.85. The van der Waals surface area contributed by atoms with Crippen LogP contribution in [0, 0.1) is 0 Å². The number of carbonyl (C=O) groups excluding carboxylic acids is 1. The van der Waals surface area contributed by atoms with Gasteiger partial charge in [0.25, 0.3) is 0 Å². The van der Waals surface area contributed by atoms with Gasteiger partial charge in [0.15, 0.2) is 0 Å². The summed E-state index contributed by atoms with van der Waals surface area (Å²) < 4.78 is 40.0. The fourth-order valence-electron chi connectivity index (χ4n) is 2.55. The molecule has 0 saturated carbocycles. The molecule has 0 atom stereocenters. The average molecular weight is 329 g/mol. The number of halogens is 3. The van der Waals surface area contributed by atoms with Gasteiger partial charge in [0.1, 0.15) is 0 Å². The van der Waals surface area contributed by atoms with Crippen LogP contribution in [0.2, 0.25) is 0 Å². The van der Waals surface area contributed by atoms with E-state index in [-0.39, 0.29) is 30.1 Å². The predicted octanol–water partition coefficient (Wildman–Crippen LogP) is 2.80. The van der Waals surface area contributed by atoms with Gasteiger partial charge in [-0.05, 0) is 24.7 Å². The first-order valence-corrected chi connectivity index (χ1v) is 7.70. The monoisotopic (exact) mass is 329 g/mol. The maximum Gasteiger partial charge on any atom is 0.416 e. The summed E-state index contributed by atoms with van der Waals surface area (Å²) >= 11 is 0. The first-order valence-electron chi connectivity index (χ1n) is 7.70. The Bertz CT molecular complexity index is 552. The van der Waals surface area contributed by atoms with Crippen LogP contribution in [0.3, 0.4) is 0 Å². The quantitative estimate of drug-likeness (QED) is 0.923. The van der Waals surface area contributed by atoms with E-state index in [1.54, 1.807) is 6.92 Å². The third-order valence-electron chi connectivity index (χ3n) is 4.01. The summed E-state index contributed by atoms with van der Waals surface area (Å²) in [7, 11) is 2.00. The summed E-state index contributed by atoms with van der Waals surface area (Å²) in [5.74, 6) is -0.301. The van der Waals surface area contributed by atoms with Crippen molar-refractivity contribution in [1.29, 1.82) is 0 Å². The molecule has 23 heavy (non-hydrogen) atoms. The van der Waals surface area contributed by atoms with Crippen molar-refractivity contribution < 1.29 is 18.0 Å². The van der Waals surface area contributed by atoms with E-state index in [1.165, 1.54) is 12.1 Å². The van der Waals surface area contributed by atoms with E-state index in [0.29, 0.717) is 0 Å². The standard InChI is InChI=1S/C16H22F3N3O/c1-3-15(23)20-13-5-4-12(14(10-13)16(17,18)19)11-22-8-6-21(2)7-9-22/h4-5,10H,3,6-9,11H2,1-2H3,(H,20,23). The van der Waals surface area contributed by atoms with Crippen molar-refractivity contribution in [2.45, 2.75) is 26.1 Å². The van der Waals surface area contributed by atoms with Gasteiger partial charge in [-0.3, -0.25) is 9.69 Å². The highest BCUT2D eigenvalue weighted by Gasteiger charge is 2.34. The molecule has 1 aliphatic heterocycles. The fraction of sp³-hybridized carbons (Fsp3) is 0.562. The topological polar surface area (TPSA) is 35.6 Å². The van der Waals surface area contributed by atoms with E-state index in [1.807, 2.05) is 11.9 Å². The summed E-state index contributed by atoms with van der Waals surface area (Å²) in [6.07, 6.45) is -4.21. The van der Waals surface area contributed by atoms with Gasteiger partial charge in [-0.2, -0.15) is 13.2 Å². The number of alkyl halides is 3. The van der Waals surface area contributed by atoms with Gasteiger partial charge in [-0.25, -0.2) is 0 Å². The minimum absolute atomic E-state index is 0.186. The Kier molecular flexibility index (Phi) is 5.64. The summed E-state index contributed by atoms with van der Waals surface area (Å²) in [6.45, 7) is 5.13. The van der Waals surface area contributed by atoms with Crippen LogP contribution < -0.4 is 5.32 Å². The Morgan fingerprint density at radius 2 is 1.87 bits per heavy atom. The number of benzene rings is 1. The molecule has 1 aromatic rings. The zero-order valence-corrected chi connectivity index (χ0v) is 13.4. The molecule has 2 rings (SSSR count). The van der Waals surface area contributed by atoms with Gasteiger partial charge < -0.3 is 10.2 Å². The molecule has 1 heterocycles. The SMILES string of the molecule is CCC(=O)Nc1ccc(CN2CCN(C)CC2)c(C(F)(F)F)c1. The molecule has 0 radical (unpaired) electrons. The third kappa shape index (κ3) is 4.94. The summed E-state index contributed by atoms with van der Waals surface area (Å²) in [5.41, 5.74) is -0.242. The van der Waals surface area contributed by atoms with Crippen LogP contribution in [0.15, 0.2) is 18.2 Å². The minimum atomic E-state index is -4.44. The van der Waals surface area contributed by atoms with E-state index >= 15 is 0 Å². The van der Waals surface area contributed by atoms with Gasteiger partial charge in [0.05, 0.1) is 5.56 Å². The molecule has 4 nitrogen and oxygen atoms in total. The fourth-order valence-corrected chi connectivity index (χ4v) is 2.55. The first-order chi connectivity index (χ1) is 10.8. The number of rotatable bonds is 4. The molecule has 7 heteroatoms. The lowest BCUT2D eigenvalue weighted by molar-refractivity contribution is -0.138. The van der Waals surface area contributed by atoms with E-state index in [9.17, 15) is 18.0 Å². The highest BCUT2D eigenvalue weighted by atomic mass is 19.4. The third-order valence-corrected chi connectivity index (χ3v) is 4.01. The van der Waals surface area contributed by atoms with Crippen molar-refractivity contribution in [2.24, 2.45) is 0 Å². The average Bonchev–Trinajstić information content (AvgIpc) is 2.50. The molecule has 0 aromatic heterocycles. The maximum absolute atomic E-state index is 13.3. The Morgan fingerprint density at radius 1 is 1.22 bits per heavy atom. The van der Waals surface area contributed by atoms with Crippen molar-refractivity contribution in [2.75, 3.05) is 38.5 Å². The van der Waals surface area contributed by atoms with Crippen LogP contribution in [0.25, 0.3) is 0 Å². The maximum atomic E-state index is 13.3. The van der Waals surface area contributed by atoms with E-state index in [2.05, 4.69) is 10.2 Å². The number of amides is 1. The number of nitrogens with zero attached hydrogens (tertiary/aromatic N) is 2. The van der Waals surface area contributed by atoms with Crippen molar-refractivity contribution in [3.8, 4) is 0 Å². The Morgan fingerprint density at radius 3 is 2.43 bits per heavy atom.